The first kappa shape index (κ1) is 20.8. The van der Waals surface area contributed by atoms with Crippen LogP contribution in [-0.4, -0.2) is 18.0 Å². The van der Waals surface area contributed by atoms with Gasteiger partial charge in [-0.15, -0.1) is 0 Å². The average molecular weight is 338 g/mol. The third-order valence-electron chi connectivity index (χ3n) is 4.53. The standard InChI is InChI=1S/C23H33N2/c1-8-10-15-25(7)16-14-23(20(5)24-6)22(9-2)19(4)21-13-11-12-18(3)17-21/h10-16,18,22H,4,6-9,17H2,1-3,5H3/q+1. The highest BCUT2D eigenvalue weighted by molar-refractivity contribution is 5.44. The molecular formula is C23H33N2+. The van der Waals surface area contributed by atoms with Crippen LogP contribution in [0, 0.1) is 11.8 Å². The second kappa shape index (κ2) is 10.6. The van der Waals surface area contributed by atoms with E-state index in [4.69, 9.17) is 0 Å². The molecule has 25 heavy (non-hydrogen) atoms. The van der Waals surface area contributed by atoms with Crippen molar-refractivity contribution < 1.29 is 4.58 Å². The average Bonchev–Trinajstić information content (AvgIpc) is 2.62. The summed E-state index contributed by atoms with van der Waals surface area (Å²) in [4.78, 5) is 4.19. The van der Waals surface area contributed by atoms with E-state index in [1.165, 1.54) is 11.1 Å². The van der Waals surface area contributed by atoms with E-state index in [1.54, 1.807) is 0 Å². The molecule has 0 aliphatic heterocycles. The minimum atomic E-state index is 0.232. The molecule has 2 heteroatoms. The van der Waals surface area contributed by atoms with Crippen molar-refractivity contribution in [2.45, 2.75) is 47.0 Å². The second-order valence-electron chi connectivity index (χ2n) is 6.57. The van der Waals surface area contributed by atoms with E-state index in [9.17, 15) is 0 Å². The van der Waals surface area contributed by atoms with Crippen LogP contribution in [-0.2, 0) is 0 Å². The Hall–Kier alpha value is -2.22. The fourth-order valence-corrected chi connectivity index (χ4v) is 3.01. The lowest BCUT2D eigenvalue weighted by atomic mass is 9.80. The van der Waals surface area contributed by atoms with Gasteiger partial charge < -0.3 is 0 Å². The molecule has 0 N–H and O–H groups in total. The number of aliphatic imine (C=N–C) groups is 1. The molecule has 2 atom stereocenters. The fourth-order valence-electron chi connectivity index (χ4n) is 3.01. The minimum absolute atomic E-state index is 0.232. The fraction of sp³-hybridized carbons (Fsp3) is 0.391. The van der Waals surface area contributed by atoms with E-state index >= 15 is 0 Å². The summed E-state index contributed by atoms with van der Waals surface area (Å²) in [5.74, 6) is 0.792. The molecular weight excluding hydrogens is 304 g/mol. The van der Waals surface area contributed by atoms with E-state index in [0.29, 0.717) is 5.92 Å². The van der Waals surface area contributed by atoms with Crippen LogP contribution in [0.2, 0.25) is 0 Å². The lowest BCUT2D eigenvalue weighted by Gasteiger charge is -2.25. The number of nitrogens with zero attached hydrogens (tertiary/aromatic N) is 2. The Labute approximate surface area is 154 Å². The molecule has 0 aromatic carbocycles. The van der Waals surface area contributed by atoms with Crippen molar-refractivity contribution in [3.63, 3.8) is 0 Å². The normalized spacial score (nSPS) is 19.7. The molecule has 2 unspecified atom stereocenters. The van der Waals surface area contributed by atoms with Crippen LogP contribution in [0.15, 0.2) is 76.8 Å². The van der Waals surface area contributed by atoms with Crippen LogP contribution in [0.4, 0.5) is 0 Å². The molecule has 0 saturated carbocycles. The molecule has 0 aromatic rings. The molecule has 0 spiro atoms. The van der Waals surface area contributed by atoms with Gasteiger partial charge in [0.1, 0.15) is 6.72 Å². The zero-order valence-corrected chi connectivity index (χ0v) is 16.3. The van der Waals surface area contributed by atoms with Gasteiger partial charge >= 0.3 is 0 Å². The van der Waals surface area contributed by atoms with Gasteiger partial charge in [-0.2, -0.15) is 4.58 Å². The van der Waals surface area contributed by atoms with Crippen LogP contribution < -0.4 is 0 Å². The Morgan fingerprint density at radius 2 is 2.12 bits per heavy atom. The molecule has 0 bridgehead atoms. The largest absolute Gasteiger partial charge is 0.269 e. The minimum Gasteiger partial charge on any atom is -0.269 e. The summed E-state index contributed by atoms with van der Waals surface area (Å²) < 4.78 is 1.82. The molecule has 2 nitrogen and oxygen atoms in total. The van der Waals surface area contributed by atoms with Crippen molar-refractivity contribution in [1.82, 2.24) is 0 Å². The number of rotatable bonds is 9. The molecule has 0 saturated heterocycles. The van der Waals surface area contributed by atoms with Crippen LogP contribution in [0.5, 0.6) is 0 Å². The summed E-state index contributed by atoms with van der Waals surface area (Å²) in [6.45, 7) is 20.7. The highest BCUT2D eigenvalue weighted by atomic mass is 14.9. The summed E-state index contributed by atoms with van der Waals surface area (Å²) in [5, 5.41) is 0. The molecule has 1 aliphatic carbocycles. The third kappa shape index (κ3) is 6.30. The summed E-state index contributed by atoms with van der Waals surface area (Å²) in [6, 6.07) is 0. The van der Waals surface area contributed by atoms with E-state index < -0.39 is 0 Å². The first-order chi connectivity index (χ1) is 11.9. The topological polar surface area (TPSA) is 15.4 Å². The first-order valence-corrected chi connectivity index (χ1v) is 9.12. The first-order valence-electron chi connectivity index (χ1n) is 9.12. The zero-order chi connectivity index (χ0) is 18.8. The zero-order valence-electron chi connectivity index (χ0n) is 16.3. The maximum atomic E-state index is 4.42. The van der Waals surface area contributed by atoms with Crippen molar-refractivity contribution in [3.05, 3.63) is 71.8 Å². The lowest BCUT2D eigenvalue weighted by Crippen LogP contribution is -2.11. The van der Waals surface area contributed by atoms with Gasteiger partial charge in [-0.05, 0) is 61.6 Å². The van der Waals surface area contributed by atoms with Crippen LogP contribution in [0.1, 0.15) is 47.0 Å². The highest BCUT2D eigenvalue weighted by Crippen LogP contribution is 2.35. The Balaban J connectivity index is 3.13. The van der Waals surface area contributed by atoms with E-state index in [2.05, 4.69) is 76.2 Å². The van der Waals surface area contributed by atoms with Crippen molar-refractivity contribution in [2.24, 2.45) is 16.8 Å². The number of hydrogen-bond acceptors (Lipinski definition) is 1. The summed E-state index contributed by atoms with van der Waals surface area (Å²) >= 11 is 0. The molecule has 1 rings (SSSR count). The Bertz CT molecular complexity index is 654. The summed E-state index contributed by atoms with van der Waals surface area (Å²) in [5.41, 5.74) is 4.62. The van der Waals surface area contributed by atoms with Crippen LogP contribution in [0.25, 0.3) is 0 Å². The second-order valence-corrected chi connectivity index (χ2v) is 6.57. The summed E-state index contributed by atoms with van der Waals surface area (Å²) in [7, 11) is 0. The molecule has 134 valence electrons. The van der Waals surface area contributed by atoms with Crippen LogP contribution >= 0.6 is 0 Å². The van der Waals surface area contributed by atoms with Gasteiger partial charge in [0.15, 0.2) is 12.4 Å². The Kier molecular flexibility index (Phi) is 8.83. The smallest absolute Gasteiger partial charge is 0.174 e. The van der Waals surface area contributed by atoms with Gasteiger partial charge in [0.25, 0.3) is 0 Å². The molecule has 0 amide bonds. The molecule has 0 fully saturated rings. The highest BCUT2D eigenvalue weighted by Gasteiger charge is 2.21. The Morgan fingerprint density at radius 1 is 1.40 bits per heavy atom. The quantitative estimate of drug-likeness (QED) is 0.270. The van der Waals surface area contributed by atoms with Crippen molar-refractivity contribution >= 4 is 13.4 Å². The predicted octanol–water partition coefficient (Wildman–Crippen LogP) is 6.22. The molecule has 1 aliphatic rings. The van der Waals surface area contributed by atoms with Crippen molar-refractivity contribution in [1.29, 1.82) is 0 Å². The van der Waals surface area contributed by atoms with Gasteiger partial charge in [0, 0.05) is 17.7 Å². The van der Waals surface area contributed by atoms with Crippen LogP contribution in [0.3, 0.4) is 0 Å². The SMILES string of the molecule is C=NC(C)=C(C=C[N+](=C)C=CCC)C(CC)C(=C)C1=CC=CC(C)C1. The molecule has 0 radical (unpaired) electrons. The van der Waals surface area contributed by atoms with Gasteiger partial charge in [-0.1, -0.05) is 45.6 Å². The van der Waals surface area contributed by atoms with Crippen molar-refractivity contribution in [2.75, 3.05) is 0 Å². The number of hydrogen-bond donors (Lipinski definition) is 0. The maximum absolute atomic E-state index is 4.42. The van der Waals surface area contributed by atoms with E-state index in [-0.39, 0.29) is 5.92 Å². The summed E-state index contributed by atoms with van der Waals surface area (Å²) in [6.07, 6.45) is 17.7. The monoisotopic (exact) mass is 337 g/mol. The van der Waals surface area contributed by atoms with Crippen molar-refractivity contribution in [3.8, 4) is 0 Å². The van der Waals surface area contributed by atoms with Gasteiger partial charge in [-0.25, -0.2) is 0 Å². The maximum Gasteiger partial charge on any atom is 0.174 e. The van der Waals surface area contributed by atoms with Gasteiger partial charge in [-0.3, -0.25) is 4.99 Å². The van der Waals surface area contributed by atoms with E-state index in [0.717, 1.165) is 30.5 Å². The molecule has 0 aromatic heterocycles. The Morgan fingerprint density at radius 3 is 2.68 bits per heavy atom. The number of allylic oxidation sites excluding steroid dienone is 9. The van der Waals surface area contributed by atoms with Gasteiger partial charge in [0.2, 0.25) is 0 Å². The molecule has 0 heterocycles. The lowest BCUT2D eigenvalue weighted by molar-refractivity contribution is -0.367. The predicted molar refractivity (Wildman–Crippen MR) is 112 cm³/mol. The third-order valence-corrected chi connectivity index (χ3v) is 4.53. The van der Waals surface area contributed by atoms with Gasteiger partial charge in [0.05, 0.1) is 0 Å². The van der Waals surface area contributed by atoms with E-state index in [1.807, 2.05) is 23.9 Å².